The lowest BCUT2D eigenvalue weighted by molar-refractivity contribution is 0.0756. The fourth-order valence-electron chi connectivity index (χ4n) is 2.55. The van der Waals surface area contributed by atoms with Crippen LogP contribution in [-0.4, -0.2) is 58.7 Å². The van der Waals surface area contributed by atoms with Gasteiger partial charge in [-0.1, -0.05) is 0 Å². The number of nitrogen functional groups attached to an aromatic ring is 1. The molecule has 1 saturated heterocycles. The van der Waals surface area contributed by atoms with Gasteiger partial charge in [0.1, 0.15) is 0 Å². The zero-order valence-corrected chi connectivity index (χ0v) is 12.0. The predicted molar refractivity (Wildman–Crippen MR) is 74.9 cm³/mol. The predicted octanol–water partition coefficient (Wildman–Crippen LogP) is 0.651. The zero-order chi connectivity index (χ0) is 14.0. The van der Waals surface area contributed by atoms with Gasteiger partial charge in [-0.3, -0.25) is 9.48 Å². The summed E-state index contributed by atoms with van der Waals surface area (Å²) in [5.74, 6) is -0.0926. The van der Waals surface area contributed by atoms with Crippen molar-refractivity contribution in [2.45, 2.75) is 32.4 Å². The van der Waals surface area contributed by atoms with Crippen molar-refractivity contribution in [2.24, 2.45) is 0 Å². The van der Waals surface area contributed by atoms with Gasteiger partial charge in [0, 0.05) is 32.4 Å². The van der Waals surface area contributed by atoms with Crippen LogP contribution >= 0.6 is 0 Å². The number of carbonyl (C=O) groups is 1. The van der Waals surface area contributed by atoms with Gasteiger partial charge >= 0.3 is 0 Å². The summed E-state index contributed by atoms with van der Waals surface area (Å²) < 4.78 is 1.69. The van der Waals surface area contributed by atoms with Crippen LogP contribution in [0.5, 0.6) is 0 Å². The molecule has 0 saturated carbocycles. The van der Waals surface area contributed by atoms with Crippen LogP contribution in [0.4, 0.5) is 5.69 Å². The maximum Gasteiger partial charge on any atom is 0.276 e. The van der Waals surface area contributed by atoms with Crippen molar-refractivity contribution in [3.05, 3.63) is 11.9 Å². The van der Waals surface area contributed by atoms with E-state index in [1.165, 1.54) is 6.42 Å². The van der Waals surface area contributed by atoms with Gasteiger partial charge in [-0.15, -0.1) is 0 Å². The van der Waals surface area contributed by atoms with Crippen molar-refractivity contribution in [3.63, 3.8) is 0 Å². The van der Waals surface area contributed by atoms with E-state index in [9.17, 15) is 4.79 Å². The highest BCUT2D eigenvalue weighted by Crippen LogP contribution is 2.17. The lowest BCUT2D eigenvalue weighted by Crippen LogP contribution is -2.39. The summed E-state index contributed by atoms with van der Waals surface area (Å²) in [6.07, 6.45) is 4.06. The smallest absolute Gasteiger partial charge is 0.276 e. The highest BCUT2D eigenvalue weighted by molar-refractivity contribution is 5.96. The normalized spacial score (nSPS) is 19.8. The van der Waals surface area contributed by atoms with Gasteiger partial charge in [-0.2, -0.15) is 5.10 Å². The number of nitrogens with two attached hydrogens (primary N) is 1. The monoisotopic (exact) mass is 265 g/mol. The number of likely N-dealkylation sites (N-methyl/N-ethyl adjacent to an activating group) is 2. The van der Waals surface area contributed by atoms with E-state index in [1.54, 1.807) is 15.8 Å². The first-order valence-corrected chi connectivity index (χ1v) is 6.81. The lowest BCUT2D eigenvalue weighted by atomic mass is 10.2. The van der Waals surface area contributed by atoms with Gasteiger partial charge in [0.05, 0.1) is 5.69 Å². The molecule has 2 N–H and O–H groups in total. The summed E-state index contributed by atoms with van der Waals surface area (Å²) in [7, 11) is 3.93. The Balaban J connectivity index is 2.03. The minimum Gasteiger partial charge on any atom is -0.396 e. The van der Waals surface area contributed by atoms with Crippen LogP contribution in [0.3, 0.4) is 0 Å². The van der Waals surface area contributed by atoms with Crippen molar-refractivity contribution in [1.29, 1.82) is 0 Å². The van der Waals surface area contributed by atoms with E-state index >= 15 is 0 Å². The Morgan fingerprint density at radius 3 is 2.89 bits per heavy atom. The Hall–Kier alpha value is -1.56. The SMILES string of the molecule is CCn1cc(N)c(C(=O)N(C)CC2CCCN2C)n1. The summed E-state index contributed by atoms with van der Waals surface area (Å²) >= 11 is 0. The molecule has 2 heterocycles. The van der Waals surface area contributed by atoms with E-state index in [4.69, 9.17) is 5.73 Å². The van der Waals surface area contributed by atoms with Crippen LogP contribution in [-0.2, 0) is 6.54 Å². The number of amides is 1. The third-order valence-electron chi connectivity index (χ3n) is 3.82. The Morgan fingerprint density at radius 1 is 1.63 bits per heavy atom. The second kappa shape index (κ2) is 5.61. The third kappa shape index (κ3) is 2.89. The van der Waals surface area contributed by atoms with Gasteiger partial charge in [0.25, 0.3) is 5.91 Å². The molecule has 19 heavy (non-hydrogen) atoms. The molecular weight excluding hydrogens is 242 g/mol. The highest BCUT2D eigenvalue weighted by atomic mass is 16.2. The number of hydrogen-bond acceptors (Lipinski definition) is 4. The number of aromatic nitrogens is 2. The molecule has 1 aliphatic heterocycles. The molecule has 2 rings (SSSR count). The fourth-order valence-corrected chi connectivity index (χ4v) is 2.55. The molecule has 1 aliphatic rings. The quantitative estimate of drug-likeness (QED) is 0.868. The van der Waals surface area contributed by atoms with Crippen LogP contribution in [0.2, 0.25) is 0 Å². The van der Waals surface area contributed by atoms with Crippen LogP contribution in [0.15, 0.2) is 6.20 Å². The van der Waals surface area contributed by atoms with Crippen molar-refractivity contribution in [3.8, 4) is 0 Å². The van der Waals surface area contributed by atoms with Gasteiger partial charge < -0.3 is 15.5 Å². The maximum absolute atomic E-state index is 12.3. The number of likely N-dealkylation sites (tertiary alicyclic amines) is 1. The summed E-state index contributed by atoms with van der Waals surface area (Å²) in [6.45, 7) is 4.53. The number of rotatable bonds is 4. The Kier molecular flexibility index (Phi) is 4.09. The van der Waals surface area contributed by atoms with Crippen molar-refractivity contribution < 1.29 is 4.79 Å². The average molecular weight is 265 g/mol. The molecule has 0 aliphatic carbocycles. The molecule has 0 radical (unpaired) electrons. The standard InChI is InChI=1S/C13H23N5O/c1-4-18-9-11(14)12(15-18)13(19)17(3)8-10-6-5-7-16(10)2/h9-10H,4-8,14H2,1-3H3. The minimum absolute atomic E-state index is 0.0926. The molecule has 0 aromatic carbocycles. The van der Waals surface area contributed by atoms with Gasteiger partial charge in [-0.05, 0) is 33.4 Å². The number of hydrogen-bond donors (Lipinski definition) is 1. The van der Waals surface area contributed by atoms with Crippen molar-refractivity contribution >= 4 is 11.6 Å². The van der Waals surface area contributed by atoms with E-state index in [-0.39, 0.29) is 5.91 Å². The van der Waals surface area contributed by atoms with Gasteiger partial charge in [-0.25, -0.2) is 0 Å². The summed E-state index contributed by atoms with van der Waals surface area (Å²) in [6, 6.07) is 0.448. The maximum atomic E-state index is 12.3. The third-order valence-corrected chi connectivity index (χ3v) is 3.82. The molecule has 106 valence electrons. The topological polar surface area (TPSA) is 67.4 Å². The first-order chi connectivity index (χ1) is 9.02. The first-order valence-electron chi connectivity index (χ1n) is 6.81. The summed E-state index contributed by atoms with van der Waals surface area (Å²) in [4.78, 5) is 16.4. The van der Waals surface area contributed by atoms with E-state index in [0.717, 1.165) is 19.5 Å². The Bertz CT molecular complexity index is 456. The number of carbonyl (C=O) groups excluding carboxylic acids is 1. The largest absolute Gasteiger partial charge is 0.396 e. The molecule has 1 atom stereocenters. The van der Waals surface area contributed by atoms with Crippen LogP contribution < -0.4 is 5.73 Å². The Morgan fingerprint density at radius 2 is 2.37 bits per heavy atom. The molecule has 1 unspecified atom stereocenters. The molecule has 1 fully saturated rings. The highest BCUT2D eigenvalue weighted by Gasteiger charge is 2.26. The van der Waals surface area contributed by atoms with Crippen molar-refractivity contribution in [1.82, 2.24) is 19.6 Å². The molecule has 0 spiro atoms. The Labute approximate surface area is 114 Å². The van der Waals surface area contributed by atoms with Crippen LogP contribution in [0, 0.1) is 0 Å². The summed E-state index contributed by atoms with van der Waals surface area (Å²) in [5, 5.41) is 4.23. The molecule has 6 heteroatoms. The van der Waals surface area contributed by atoms with Gasteiger partial charge in [0.2, 0.25) is 0 Å². The lowest BCUT2D eigenvalue weighted by Gasteiger charge is -2.25. The van der Waals surface area contributed by atoms with Gasteiger partial charge in [0.15, 0.2) is 5.69 Å². The van der Waals surface area contributed by atoms with E-state index < -0.39 is 0 Å². The van der Waals surface area contributed by atoms with Crippen LogP contribution in [0.1, 0.15) is 30.3 Å². The summed E-state index contributed by atoms with van der Waals surface area (Å²) in [5.41, 5.74) is 6.67. The molecule has 1 amide bonds. The van der Waals surface area contributed by atoms with E-state index in [1.807, 2.05) is 14.0 Å². The number of aryl methyl sites for hydroxylation is 1. The molecule has 1 aromatic heterocycles. The van der Waals surface area contributed by atoms with E-state index in [0.29, 0.717) is 24.0 Å². The zero-order valence-electron chi connectivity index (χ0n) is 12.0. The fraction of sp³-hybridized carbons (Fsp3) is 0.692. The second-order valence-electron chi connectivity index (χ2n) is 5.25. The second-order valence-corrected chi connectivity index (χ2v) is 5.25. The van der Waals surface area contributed by atoms with E-state index in [2.05, 4.69) is 17.0 Å². The van der Waals surface area contributed by atoms with Crippen molar-refractivity contribution in [2.75, 3.05) is 32.9 Å². The molecule has 6 nitrogen and oxygen atoms in total. The first kappa shape index (κ1) is 13.9. The number of anilines is 1. The molecular formula is C13H23N5O. The molecule has 0 bridgehead atoms. The molecule has 1 aromatic rings. The average Bonchev–Trinajstić information content (AvgIpc) is 2.95. The number of nitrogens with zero attached hydrogens (tertiary/aromatic N) is 4. The van der Waals surface area contributed by atoms with Crippen LogP contribution in [0.25, 0.3) is 0 Å². The minimum atomic E-state index is -0.0926.